The van der Waals surface area contributed by atoms with Gasteiger partial charge < -0.3 is 20.1 Å². The first-order chi connectivity index (χ1) is 12.7. The zero-order valence-electron chi connectivity index (χ0n) is 14.6. The highest BCUT2D eigenvalue weighted by molar-refractivity contribution is 7.80. The van der Waals surface area contributed by atoms with Crippen LogP contribution >= 0.6 is 12.2 Å². The first-order valence-corrected chi connectivity index (χ1v) is 8.46. The Hall–Kier alpha value is -3.06. The quantitative estimate of drug-likeness (QED) is 0.646. The SMILES string of the molecule is COc1ccc(OC)c(NC(=S)Nc2ccn(Cc3ccccc3)n2)c1. The van der Waals surface area contributed by atoms with E-state index in [1.54, 1.807) is 14.2 Å². The van der Waals surface area contributed by atoms with Gasteiger partial charge in [-0.3, -0.25) is 4.68 Å². The van der Waals surface area contributed by atoms with Crippen molar-refractivity contribution in [2.75, 3.05) is 24.9 Å². The topological polar surface area (TPSA) is 60.3 Å². The van der Waals surface area contributed by atoms with Crippen molar-refractivity contribution in [1.82, 2.24) is 9.78 Å². The molecule has 7 heteroatoms. The standard InChI is InChI=1S/C19H20N4O2S/c1-24-15-8-9-17(25-2)16(12-15)20-19(26)21-18-10-11-23(22-18)13-14-6-4-3-5-7-14/h3-12H,13H2,1-2H3,(H2,20,21,22,26). The van der Waals surface area contributed by atoms with Crippen LogP contribution in [0.25, 0.3) is 0 Å². The molecule has 2 aromatic carbocycles. The average Bonchev–Trinajstić information content (AvgIpc) is 3.09. The van der Waals surface area contributed by atoms with E-state index in [0.717, 1.165) is 0 Å². The van der Waals surface area contributed by atoms with Crippen molar-refractivity contribution in [1.29, 1.82) is 0 Å². The minimum atomic E-state index is 0.418. The second-order valence-corrected chi connectivity index (χ2v) is 5.94. The fourth-order valence-corrected chi connectivity index (χ4v) is 2.68. The first-order valence-electron chi connectivity index (χ1n) is 8.05. The van der Waals surface area contributed by atoms with E-state index in [0.29, 0.717) is 34.7 Å². The van der Waals surface area contributed by atoms with E-state index in [1.807, 2.05) is 53.3 Å². The van der Waals surface area contributed by atoms with Crippen molar-refractivity contribution in [3.63, 3.8) is 0 Å². The minimum Gasteiger partial charge on any atom is -0.497 e. The number of hydrogen-bond acceptors (Lipinski definition) is 4. The maximum atomic E-state index is 5.38. The smallest absolute Gasteiger partial charge is 0.176 e. The third kappa shape index (κ3) is 4.52. The summed E-state index contributed by atoms with van der Waals surface area (Å²) in [6.45, 7) is 0.701. The Morgan fingerprint density at radius 2 is 1.85 bits per heavy atom. The molecule has 134 valence electrons. The number of benzene rings is 2. The molecule has 1 heterocycles. The van der Waals surface area contributed by atoms with Gasteiger partial charge in [-0.15, -0.1) is 0 Å². The van der Waals surface area contributed by atoms with Crippen LogP contribution in [0.15, 0.2) is 60.8 Å². The van der Waals surface area contributed by atoms with Gasteiger partial charge >= 0.3 is 0 Å². The highest BCUT2D eigenvalue weighted by Gasteiger charge is 2.08. The van der Waals surface area contributed by atoms with Gasteiger partial charge in [-0.25, -0.2) is 0 Å². The molecule has 0 amide bonds. The van der Waals surface area contributed by atoms with Gasteiger partial charge in [0.2, 0.25) is 0 Å². The zero-order valence-corrected chi connectivity index (χ0v) is 15.4. The van der Waals surface area contributed by atoms with Gasteiger partial charge in [0.15, 0.2) is 10.9 Å². The molecule has 0 aliphatic carbocycles. The molecule has 0 aliphatic heterocycles. The van der Waals surface area contributed by atoms with Gasteiger partial charge in [-0.2, -0.15) is 5.10 Å². The molecule has 0 saturated heterocycles. The normalized spacial score (nSPS) is 10.2. The highest BCUT2D eigenvalue weighted by Crippen LogP contribution is 2.29. The van der Waals surface area contributed by atoms with E-state index < -0.39 is 0 Å². The third-order valence-electron chi connectivity index (χ3n) is 3.72. The van der Waals surface area contributed by atoms with Crippen molar-refractivity contribution in [2.45, 2.75) is 6.54 Å². The average molecular weight is 368 g/mol. The van der Waals surface area contributed by atoms with E-state index in [9.17, 15) is 0 Å². The number of rotatable bonds is 6. The molecule has 3 rings (SSSR count). The van der Waals surface area contributed by atoms with Gasteiger partial charge in [-0.1, -0.05) is 30.3 Å². The lowest BCUT2D eigenvalue weighted by atomic mass is 10.2. The molecule has 0 fully saturated rings. The summed E-state index contributed by atoms with van der Waals surface area (Å²) in [5, 5.41) is 11.1. The Kier molecular flexibility index (Phi) is 5.70. The molecule has 0 radical (unpaired) electrons. The van der Waals surface area contributed by atoms with E-state index in [4.69, 9.17) is 21.7 Å². The lowest BCUT2D eigenvalue weighted by molar-refractivity contribution is 0.405. The maximum absolute atomic E-state index is 5.38. The predicted molar refractivity (Wildman–Crippen MR) is 107 cm³/mol. The summed E-state index contributed by atoms with van der Waals surface area (Å²) in [6, 6.07) is 17.5. The molecular formula is C19H20N4O2S. The van der Waals surface area contributed by atoms with Crippen molar-refractivity contribution in [3.05, 3.63) is 66.4 Å². The molecule has 1 aromatic heterocycles. The summed E-state index contributed by atoms with van der Waals surface area (Å²) in [4.78, 5) is 0. The van der Waals surface area contributed by atoms with Crippen LogP contribution in [0.2, 0.25) is 0 Å². The molecule has 2 N–H and O–H groups in total. The number of ether oxygens (including phenoxy) is 2. The molecule has 6 nitrogen and oxygen atoms in total. The molecule has 0 aliphatic rings. The van der Waals surface area contributed by atoms with Crippen molar-refractivity contribution in [3.8, 4) is 11.5 Å². The van der Waals surface area contributed by atoms with Crippen LogP contribution in [0.4, 0.5) is 11.5 Å². The van der Waals surface area contributed by atoms with Gasteiger partial charge in [0.05, 0.1) is 26.5 Å². The number of anilines is 2. The number of nitrogens with one attached hydrogen (secondary N) is 2. The summed E-state index contributed by atoms with van der Waals surface area (Å²) in [5.74, 6) is 2.05. The summed E-state index contributed by atoms with van der Waals surface area (Å²) < 4.78 is 12.4. The van der Waals surface area contributed by atoms with Crippen LogP contribution in [-0.4, -0.2) is 29.1 Å². The number of nitrogens with zero attached hydrogens (tertiary/aromatic N) is 2. The third-order valence-corrected chi connectivity index (χ3v) is 3.93. The predicted octanol–water partition coefficient (Wildman–Crippen LogP) is 3.76. The molecule has 0 atom stereocenters. The van der Waals surface area contributed by atoms with Gasteiger partial charge in [-0.05, 0) is 29.9 Å². The zero-order chi connectivity index (χ0) is 18.4. The van der Waals surface area contributed by atoms with E-state index in [2.05, 4.69) is 27.9 Å². The molecule has 0 unspecified atom stereocenters. The van der Waals surface area contributed by atoms with Crippen molar-refractivity contribution in [2.24, 2.45) is 0 Å². The monoisotopic (exact) mass is 368 g/mol. The Bertz CT molecular complexity index is 880. The fraction of sp³-hybridized carbons (Fsp3) is 0.158. The Balaban J connectivity index is 1.64. The lowest BCUT2D eigenvalue weighted by Gasteiger charge is -2.13. The first kappa shape index (κ1) is 17.8. The number of aromatic nitrogens is 2. The number of hydrogen-bond donors (Lipinski definition) is 2. The van der Waals surface area contributed by atoms with Crippen LogP contribution in [0.3, 0.4) is 0 Å². The van der Waals surface area contributed by atoms with Crippen LogP contribution < -0.4 is 20.1 Å². The van der Waals surface area contributed by atoms with E-state index >= 15 is 0 Å². The van der Waals surface area contributed by atoms with Crippen LogP contribution in [0, 0.1) is 0 Å². The molecule has 3 aromatic rings. The molecule has 26 heavy (non-hydrogen) atoms. The minimum absolute atomic E-state index is 0.418. The second kappa shape index (κ2) is 8.35. The molecule has 0 spiro atoms. The van der Waals surface area contributed by atoms with E-state index in [-0.39, 0.29) is 0 Å². The maximum Gasteiger partial charge on any atom is 0.176 e. The highest BCUT2D eigenvalue weighted by atomic mass is 32.1. The van der Waals surface area contributed by atoms with Gasteiger partial charge in [0.25, 0.3) is 0 Å². The van der Waals surface area contributed by atoms with Crippen molar-refractivity contribution >= 4 is 28.8 Å². The van der Waals surface area contributed by atoms with Crippen molar-refractivity contribution < 1.29 is 9.47 Å². The largest absolute Gasteiger partial charge is 0.497 e. The van der Waals surface area contributed by atoms with Crippen LogP contribution in [0.1, 0.15) is 5.56 Å². The Morgan fingerprint density at radius 3 is 2.58 bits per heavy atom. The summed E-state index contributed by atoms with van der Waals surface area (Å²) in [5.41, 5.74) is 1.90. The summed E-state index contributed by atoms with van der Waals surface area (Å²) in [6.07, 6.45) is 1.91. The summed E-state index contributed by atoms with van der Waals surface area (Å²) in [7, 11) is 3.22. The van der Waals surface area contributed by atoms with Gasteiger partial charge in [0, 0.05) is 18.3 Å². The molecular weight excluding hydrogens is 348 g/mol. The number of thiocarbonyl (C=S) groups is 1. The van der Waals surface area contributed by atoms with Crippen LogP contribution in [-0.2, 0) is 6.54 Å². The summed E-state index contributed by atoms with van der Waals surface area (Å²) >= 11 is 5.38. The van der Waals surface area contributed by atoms with E-state index in [1.165, 1.54) is 5.56 Å². The number of methoxy groups -OCH3 is 2. The molecule has 0 bridgehead atoms. The Morgan fingerprint density at radius 1 is 1.04 bits per heavy atom. The molecule has 0 saturated carbocycles. The van der Waals surface area contributed by atoms with Gasteiger partial charge in [0.1, 0.15) is 11.5 Å². The van der Waals surface area contributed by atoms with Crippen LogP contribution in [0.5, 0.6) is 11.5 Å². The second-order valence-electron chi connectivity index (χ2n) is 5.53. The lowest BCUT2D eigenvalue weighted by Crippen LogP contribution is -2.20. The Labute approximate surface area is 157 Å². The fourth-order valence-electron chi connectivity index (χ4n) is 2.47.